The number of hydrogen-bond donors (Lipinski definition) is 3. The van der Waals surface area contributed by atoms with Crippen molar-refractivity contribution < 1.29 is 14.3 Å². The average molecular weight is 278 g/mol. The number of aliphatic hydroxyl groups is 1. The Morgan fingerprint density at radius 2 is 2.20 bits per heavy atom. The molecular formula is C15H19FN2O2. The lowest BCUT2D eigenvalue weighted by molar-refractivity contribution is 0.0912. The van der Waals surface area contributed by atoms with Crippen LogP contribution in [-0.4, -0.2) is 28.6 Å². The molecule has 0 fully saturated rings. The molecule has 1 heterocycles. The van der Waals surface area contributed by atoms with Crippen LogP contribution in [0, 0.1) is 11.7 Å². The Morgan fingerprint density at radius 3 is 2.80 bits per heavy atom. The highest BCUT2D eigenvalue weighted by Gasteiger charge is 2.18. The standard InChI is InChI=1S/C15H19FN2O2/c1-9(2)12(6-7-19)18-15(20)14-8-10-11(16)4-3-5-13(10)17-14/h3-5,8-9,12,17,19H,6-7H2,1-2H3,(H,18,20). The summed E-state index contributed by atoms with van der Waals surface area (Å²) in [5, 5.41) is 12.3. The van der Waals surface area contributed by atoms with Crippen LogP contribution in [0.1, 0.15) is 30.8 Å². The molecule has 4 nitrogen and oxygen atoms in total. The van der Waals surface area contributed by atoms with Gasteiger partial charge in [-0.2, -0.15) is 0 Å². The molecule has 0 aliphatic rings. The summed E-state index contributed by atoms with van der Waals surface area (Å²) in [7, 11) is 0. The summed E-state index contributed by atoms with van der Waals surface area (Å²) in [6, 6.07) is 6.09. The molecule has 3 N–H and O–H groups in total. The van der Waals surface area contributed by atoms with Crippen LogP contribution in [0.2, 0.25) is 0 Å². The van der Waals surface area contributed by atoms with E-state index in [0.29, 0.717) is 23.0 Å². The number of rotatable bonds is 5. The molecule has 0 aliphatic carbocycles. The van der Waals surface area contributed by atoms with Gasteiger partial charge in [0.25, 0.3) is 5.91 Å². The van der Waals surface area contributed by atoms with Crippen LogP contribution in [0.5, 0.6) is 0 Å². The Morgan fingerprint density at radius 1 is 1.45 bits per heavy atom. The number of aromatic amines is 1. The number of fused-ring (bicyclic) bond motifs is 1. The second-order valence-corrected chi connectivity index (χ2v) is 5.22. The number of hydrogen-bond acceptors (Lipinski definition) is 2. The average Bonchev–Trinajstić information content (AvgIpc) is 2.83. The maximum absolute atomic E-state index is 13.6. The highest BCUT2D eigenvalue weighted by Crippen LogP contribution is 2.19. The quantitative estimate of drug-likeness (QED) is 0.786. The van der Waals surface area contributed by atoms with Crippen LogP contribution in [0.4, 0.5) is 4.39 Å². The molecule has 0 spiro atoms. The molecule has 0 aliphatic heterocycles. The first-order chi connectivity index (χ1) is 9.52. The van der Waals surface area contributed by atoms with Crippen molar-refractivity contribution in [2.24, 2.45) is 5.92 Å². The van der Waals surface area contributed by atoms with Gasteiger partial charge in [-0.05, 0) is 30.5 Å². The van der Waals surface area contributed by atoms with Gasteiger partial charge in [-0.1, -0.05) is 19.9 Å². The van der Waals surface area contributed by atoms with E-state index in [9.17, 15) is 9.18 Å². The Hall–Kier alpha value is -1.88. The van der Waals surface area contributed by atoms with Gasteiger partial charge in [0.05, 0.1) is 0 Å². The molecule has 5 heteroatoms. The molecule has 108 valence electrons. The van der Waals surface area contributed by atoms with Gasteiger partial charge in [0.2, 0.25) is 0 Å². The number of carbonyl (C=O) groups is 1. The minimum absolute atomic E-state index is 0.0183. The largest absolute Gasteiger partial charge is 0.396 e. The molecule has 2 aromatic rings. The van der Waals surface area contributed by atoms with E-state index < -0.39 is 0 Å². The molecule has 20 heavy (non-hydrogen) atoms. The van der Waals surface area contributed by atoms with E-state index in [-0.39, 0.29) is 30.3 Å². The molecule has 1 amide bonds. The Labute approximate surface area is 117 Å². The fourth-order valence-corrected chi connectivity index (χ4v) is 2.20. The Kier molecular flexibility index (Phi) is 4.39. The molecule has 1 aromatic carbocycles. The molecule has 0 saturated heterocycles. The zero-order chi connectivity index (χ0) is 14.7. The monoisotopic (exact) mass is 278 g/mol. The molecule has 1 unspecified atom stereocenters. The maximum atomic E-state index is 13.6. The Balaban J connectivity index is 2.20. The van der Waals surface area contributed by atoms with E-state index in [1.807, 2.05) is 13.8 Å². The number of aromatic nitrogens is 1. The summed E-state index contributed by atoms with van der Waals surface area (Å²) < 4.78 is 13.6. The second kappa shape index (κ2) is 6.05. The third-order valence-electron chi connectivity index (χ3n) is 3.42. The molecule has 0 radical (unpaired) electrons. The van der Waals surface area contributed by atoms with Gasteiger partial charge in [-0.3, -0.25) is 4.79 Å². The van der Waals surface area contributed by atoms with Crippen molar-refractivity contribution in [1.29, 1.82) is 0 Å². The predicted octanol–water partition coefficient (Wildman–Crippen LogP) is 2.44. The van der Waals surface area contributed by atoms with E-state index >= 15 is 0 Å². The number of aliphatic hydroxyl groups excluding tert-OH is 1. The summed E-state index contributed by atoms with van der Waals surface area (Å²) >= 11 is 0. The van der Waals surface area contributed by atoms with Crippen molar-refractivity contribution in [1.82, 2.24) is 10.3 Å². The number of amides is 1. The lowest BCUT2D eigenvalue weighted by atomic mass is 10.0. The lowest BCUT2D eigenvalue weighted by Gasteiger charge is -2.21. The maximum Gasteiger partial charge on any atom is 0.267 e. The number of H-pyrrole nitrogens is 1. The van der Waals surface area contributed by atoms with E-state index in [1.165, 1.54) is 12.1 Å². The van der Waals surface area contributed by atoms with Crippen LogP contribution in [0.3, 0.4) is 0 Å². The first-order valence-corrected chi connectivity index (χ1v) is 6.72. The zero-order valence-electron chi connectivity index (χ0n) is 11.6. The summed E-state index contributed by atoms with van der Waals surface area (Å²) in [4.78, 5) is 15.1. The minimum atomic E-state index is -0.353. The number of nitrogens with one attached hydrogen (secondary N) is 2. The number of benzene rings is 1. The van der Waals surface area contributed by atoms with Crippen molar-refractivity contribution in [2.45, 2.75) is 26.3 Å². The molecule has 1 atom stereocenters. The van der Waals surface area contributed by atoms with Crippen LogP contribution >= 0.6 is 0 Å². The topological polar surface area (TPSA) is 65.1 Å². The summed E-state index contributed by atoms with van der Waals surface area (Å²) in [6.07, 6.45) is 0.498. The minimum Gasteiger partial charge on any atom is -0.396 e. The highest BCUT2D eigenvalue weighted by molar-refractivity contribution is 5.98. The molecule has 0 bridgehead atoms. The first kappa shape index (κ1) is 14.5. The van der Waals surface area contributed by atoms with Crippen molar-refractivity contribution in [2.75, 3.05) is 6.61 Å². The van der Waals surface area contributed by atoms with Gasteiger partial charge in [-0.15, -0.1) is 0 Å². The fourth-order valence-electron chi connectivity index (χ4n) is 2.20. The summed E-state index contributed by atoms with van der Waals surface area (Å²) in [6.45, 7) is 3.97. The third-order valence-corrected chi connectivity index (χ3v) is 3.42. The fraction of sp³-hybridized carbons (Fsp3) is 0.400. The molecule has 2 rings (SSSR count). The van der Waals surface area contributed by atoms with Crippen LogP contribution < -0.4 is 5.32 Å². The van der Waals surface area contributed by atoms with Crippen molar-refractivity contribution in [3.63, 3.8) is 0 Å². The zero-order valence-corrected chi connectivity index (χ0v) is 11.6. The van der Waals surface area contributed by atoms with Crippen LogP contribution in [-0.2, 0) is 0 Å². The van der Waals surface area contributed by atoms with Crippen LogP contribution in [0.25, 0.3) is 10.9 Å². The van der Waals surface area contributed by atoms with Gasteiger partial charge in [-0.25, -0.2) is 4.39 Å². The van der Waals surface area contributed by atoms with Gasteiger partial charge in [0, 0.05) is 23.6 Å². The first-order valence-electron chi connectivity index (χ1n) is 6.72. The lowest BCUT2D eigenvalue weighted by Crippen LogP contribution is -2.39. The van der Waals surface area contributed by atoms with Crippen molar-refractivity contribution in [3.05, 3.63) is 35.8 Å². The van der Waals surface area contributed by atoms with E-state index in [0.717, 1.165) is 0 Å². The van der Waals surface area contributed by atoms with Crippen molar-refractivity contribution in [3.8, 4) is 0 Å². The van der Waals surface area contributed by atoms with E-state index in [4.69, 9.17) is 5.11 Å². The van der Waals surface area contributed by atoms with E-state index in [2.05, 4.69) is 10.3 Å². The van der Waals surface area contributed by atoms with Gasteiger partial charge >= 0.3 is 0 Å². The van der Waals surface area contributed by atoms with Crippen LogP contribution in [0.15, 0.2) is 24.3 Å². The van der Waals surface area contributed by atoms with Gasteiger partial charge in [0.15, 0.2) is 0 Å². The Bertz CT molecular complexity index is 607. The number of halogens is 1. The van der Waals surface area contributed by atoms with Crippen molar-refractivity contribution >= 4 is 16.8 Å². The smallest absolute Gasteiger partial charge is 0.267 e. The predicted molar refractivity (Wildman–Crippen MR) is 76.1 cm³/mol. The summed E-state index contributed by atoms with van der Waals surface area (Å²) in [5.74, 6) is -0.423. The normalized spacial score (nSPS) is 12.8. The van der Waals surface area contributed by atoms with Gasteiger partial charge in [0.1, 0.15) is 11.5 Å². The number of carbonyl (C=O) groups excluding carboxylic acids is 1. The highest BCUT2D eigenvalue weighted by atomic mass is 19.1. The second-order valence-electron chi connectivity index (χ2n) is 5.22. The molecule has 1 aromatic heterocycles. The van der Waals surface area contributed by atoms with Gasteiger partial charge < -0.3 is 15.4 Å². The van der Waals surface area contributed by atoms with E-state index in [1.54, 1.807) is 12.1 Å². The summed E-state index contributed by atoms with van der Waals surface area (Å²) in [5.41, 5.74) is 0.923. The molecular weight excluding hydrogens is 259 g/mol. The molecule has 0 saturated carbocycles. The third kappa shape index (κ3) is 2.99. The SMILES string of the molecule is CC(C)C(CCO)NC(=O)c1cc2c(F)cccc2[nH]1.